The van der Waals surface area contributed by atoms with Crippen LogP contribution in [-0.2, 0) is 11.2 Å². The monoisotopic (exact) mass is 300 g/mol. The molecule has 0 radical (unpaired) electrons. The van der Waals surface area contributed by atoms with Gasteiger partial charge < -0.3 is 0 Å². The Labute approximate surface area is 122 Å². The van der Waals surface area contributed by atoms with Gasteiger partial charge in [-0.3, -0.25) is 10.2 Å². The van der Waals surface area contributed by atoms with E-state index in [2.05, 4.69) is 5.43 Å². The van der Waals surface area contributed by atoms with Crippen molar-refractivity contribution in [1.29, 1.82) is 0 Å². The van der Waals surface area contributed by atoms with Crippen molar-refractivity contribution in [1.82, 2.24) is 10.4 Å². The van der Waals surface area contributed by atoms with Gasteiger partial charge in [0.2, 0.25) is 5.91 Å². The summed E-state index contributed by atoms with van der Waals surface area (Å²) in [6.07, 6.45) is -4.54. The number of alkyl halides is 3. The van der Waals surface area contributed by atoms with Crippen molar-refractivity contribution >= 4 is 5.91 Å². The molecule has 1 aliphatic rings. The molecule has 6 heteroatoms. The summed E-state index contributed by atoms with van der Waals surface area (Å²) in [4.78, 5) is 11.5. The lowest BCUT2D eigenvalue weighted by molar-refractivity contribution is -0.200. The number of nitrogens with one attached hydrogen (secondary N) is 1. The van der Waals surface area contributed by atoms with Gasteiger partial charge in [0, 0.05) is 12.0 Å². The highest BCUT2D eigenvalue weighted by Gasteiger charge is 2.52. The maximum Gasteiger partial charge on any atom is 0.406 e. The van der Waals surface area contributed by atoms with Crippen LogP contribution in [0.4, 0.5) is 13.2 Å². The largest absolute Gasteiger partial charge is 0.406 e. The fourth-order valence-electron chi connectivity index (χ4n) is 2.70. The van der Waals surface area contributed by atoms with Crippen molar-refractivity contribution in [2.75, 3.05) is 0 Å². The first kappa shape index (κ1) is 15.8. The van der Waals surface area contributed by atoms with Gasteiger partial charge in [0.15, 0.2) is 0 Å². The number of aryl methyl sites for hydroxylation is 1. The minimum absolute atomic E-state index is 0.0628. The van der Waals surface area contributed by atoms with E-state index in [-0.39, 0.29) is 18.7 Å². The second-order valence-electron chi connectivity index (χ2n) is 6.08. The number of rotatable bonds is 3. The molecule has 0 unspecified atom stereocenters. The zero-order chi connectivity index (χ0) is 15.8. The predicted octanol–water partition coefficient (Wildman–Crippen LogP) is 2.98. The Bertz CT molecular complexity index is 540. The van der Waals surface area contributed by atoms with E-state index < -0.39 is 17.8 Å². The number of hydrogen-bond acceptors (Lipinski definition) is 2. The summed E-state index contributed by atoms with van der Waals surface area (Å²) < 4.78 is 40.4. The molecule has 0 aliphatic carbocycles. The average molecular weight is 300 g/mol. The molecule has 116 valence electrons. The molecular weight excluding hydrogens is 281 g/mol. The molecule has 1 aliphatic heterocycles. The SMILES string of the molecule is Cc1ccccc1C[C@H](N1NC(=O)CC1(C)C)C(F)(F)F. The van der Waals surface area contributed by atoms with Gasteiger partial charge >= 0.3 is 6.18 Å². The first-order chi connectivity index (χ1) is 9.61. The molecule has 1 amide bonds. The van der Waals surface area contributed by atoms with E-state index in [1.165, 1.54) is 0 Å². The van der Waals surface area contributed by atoms with E-state index in [1.807, 2.05) is 0 Å². The minimum Gasteiger partial charge on any atom is -0.288 e. The number of carbonyl (C=O) groups is 1. The summed E-state index contributed by atoms with van der Waals surface area (Å²) >= 11 is 0. The van der Waals surface area contributed by atoms with E-state index in [9.17, 15) is 18.0 Å². The van der Waals surface area contributed by atoms with Gasteiger partial charge in [-0.2, -0.15) is 13.2 Å². The van der Waals surface area contributed by atoms with E-state index in [0.717, 1.165) is 10.6 Å². The summed E-state index contributed by atoms with van der Waals surface area (Å²) in [5.74, 6) is -0.376. The minimum atomic E-state index is -4.42. The number of carbonyl (C=O) groups excluding carboxylic acids is 1. The Morgan fingerprint density at radius 2 is 1.95 bits per heavy atom. The maximum absolute atomic E-state index is 13.5. The van der Waals surface area contributed by atoms with Crippen LogP contribution in [0, 0.1) is 6.92 Å². The van der Waals surface area contributed by atoms with Crippen molar-refractivity contribution in [3.63, 3.8) is 0 Å². The van der Waals surface area contributed by atoms with E-state index in [0.29, 0.717) is 5.56 Å². The molecule has 1 aromatic carbocycles. The fourth-order valence-corrected chi connectivity index (χ4v) is 2.70. The van der Waals surface area contributed by atoms with E-state index in [1.54, 1.807) is 45.0 Å². The van der Waals surface area contributed by atoms with Crippen LogP contribution in [0.5, 0.6) is 0 Å². The molecule has 0 spiro atoms. The summed E-state index contributed by atoms with van der Waals surface area (Å²) in [7, 11) is 0. The zero-order valence-electron chi connectivity index (χ0n) is 12.3. The Hall–Kier alpha value is -1.56. The van der Waals surface area contributed by atoms with Crippen LogP contribution in [-0.4, -0.2) is 28.7 Å². The molecule has 0 aromatic heterocycles. The zero-order valence-corrected chi connectivity index (χ0v) is 12.3. The number of nitrogens with zero attached hydrogens (tertiary/aromatic N) is 1. The molecule has 1 atom stereocenters. The summed E-state index contributed by atoms with van der Waals surface area (Å²) in [6, 6.07) is 5.27. The van der Waals surface area contributed by atoms with Crippen molar-refractivity contribution in [3.8, 4) is 0 Å². The Morgan fingerprint density at radius 3 is 2.43 bits per heavy atom. The Balaban J connectivity index is 2.32. The van der Waals surface area contributed by atoms with Crippen molar-refractivity contribution < 1.29 is 18.0 Å². The van der Waals surface area contributed by atoms with Crippen LogP contribution in [0.1, 0.15) is 31.4 Å². The third kappa shape index (κ3) is 3.37. The smallest absolute Gasteiger partial charge is 0.288 e. The van der Waals surface area contributed by atoms with Crippen LogP contribution >= 0.6 is 0 Å². The van der Waals surface area contributed by atoms with Crippen LogP contribution in [0.2, 0.25) is 0 Å². The Morgan fingerprint density at radius 1 is 1.33 bits per heavy atom. The van der Waals surface area contributed by atoms with Gasteiger partial charge in [0.1, 0.15) is 6.04 Å². The van der Waals surface area contributed by atoms with Crippen LogP contribution in [0.3, 0.4) is 0 Å². The highest BCUT2D eigenvalue weighted by atomic mass is 19.4. The lowest BCUT2D eigenvalue weighted by Crippen LogP contribution is -2.57. The van der Waals surface area contributed by atoms with Gasteiger partial charge in [-0.05, 0) is 38.3 Å². The van der Waals surface area contributed by atoms with E-state index in [4.69, 9.17) is 0 Å². The second-order valence-corrected chi connectivity index (χ2v) is 6.08. The molecule has 21 heavy (non-hydrogen) atoms. The molecule has 1 heterocycles. The topological polar surface area (TPSA) is 32.3 Å². The van der Waals surface area contributed by atoms with Gasteiger partial charge in [0.05, 0.1) is 0 Å². The second kappa shape index (κ2) is 5.33. The first-order valence-corrected chi connectivity index (χ1v) is 6.81. The molecule has 0 bridgehead atoms. The highest BCUT2D eigenvalue weighted by Crippen LogP contribution is 2.35. The number of amides is 1. The first-order valence-electron chi connectivity index (χ1n) is 6.81. The lowest BCUT2D eigenvalue weighted by Gasteiger charge is -2.38. The molecule has 1 N–H and O–H groups in total. The number of benzene rings is 1. The third-order valence-corrected chi connectivity index (χ3v) is 3.85. The Kier molecular flexibility index (Phi) is 4.02. The fraction of sp³-hybridized carbons (Fsp3) is 0.533. The maximum atomic E-state index is 13.5. The molecule has 0 saturated carbocycles. The van der Waals surface area contributed by atoms with Gasteiger partial charge in [-0.1, -0.05) is 24.3 Å². The summed E-state index contributed by atoms with van der Waals surface area (Å²) in [5.41, 5.74) is 2.95. The van der Waals surface area contributed by atoms with Crippen LogP contribution in [0.15, 0.2) is 24.3 Å². The van der Waals surface area contributed by atoms with Crippen LogP contribution in [0.25, 0.3) is 0 Å². The van der Waals surface area contributed by atoms with Crippen LogP contribution < -0.4 is 5.43 Å². The number of halogens is 3. The van der Waals surface area contributed by atoms with E-state index >= 15 is 0 Å². The third-order valence-electron chi connectivity index (χ3n) is 3.85. The van der Waals surface area contributed by atoms with Gasteiger partial charge in [-0.25, -0.2) is 5.01 Å². The number of hydrazine groups is 1. The average Bonchev–Trinajstić information content (AvgIpc) is 2.59. The standard InChI is InChI=1S/C15H19F3N2O/c1-10-6-4-5-7-11(10)8-12(15(16,17)18)20-14(2,3)9-13(21)19-20/h4-7,12H,8-9H2,1-3H3,(H,19,21)/t12-/m0/s1. The molecule has 1 aromatic rings. The van der Waals surface area contributed by atoms with Crippen molar-refractivity contribution in [2.45, 2.75) is 51.4 Å². The molecule has 3 nitrogen and oxygen atoms in total. The molecular formula is C15H19F3N2O. The quantitative estimate of drug-likeness (QED) is 0.931. The van der Waals surface area contributed by atoms with Gasteiger partial charge in [0.25, 0.3) is 0 Å². The number of hydrogen-bond donors (Lipinski definition) is 1. The molecule has 2 rings (SSSR count). The summed E-state index contributed by atoms with van der Waals surface area (Å²) in [6.45, 7) is 5.07. The van der Waals surface area contributed by atoms with Crippen molar-refractivity contribution in [2.24, 2.45) is 0 Å². The summed E-state index contributed by atoms with van der Waals surface area (Å²) in [5, 5.41) is 1.06. The molecule has 1 saturated heterocycles. The lowest BCUT2D eigenvalue weighted by atomic mass is 9.95. The van der Waals surface area contributed by atoms with Crippen molar-refractivity contribution in [3.05, 3.63) is 35.4 Å². The molecule has 1 fully saturated rings. The van der Waals surface area contributed by atoms with Gasteiger partial charge in [-0.15, -0.1) is 0 Å². The predicted molar refractivity (Wildman–Crippen MR) is 73.4 cm³/mol. The highest BCUT2D eigenvalue weighted by molar-refractivity contribution is 5.78. The normalized spacial score (nSPS) is 20.4.